The summed E-state index contributed by atoms with van der Waals surface area (Å²) in [5.41, 5.74) is -0.937. The van der Waals surface area contributed by atoms with Crippen molar-refractivity contribution in [3.63, 3.8) is 0 Å². The van der Waals surface area contributed by atoms with Crippen LogP contribution in [-0.4, -0.2) is 22.3 Å². The molecule has 1 aliphatic carbocycles. The third-order valence-electron chi connectivity index (χ3n) is 3.75. The Balaban J connectivity index is 2.12. The Morgan fingerprint density at radius 1 is 1.32 bits per heavy atom. The van der Waals surface area contributed by atoms with Crippen LogP contribution in [0.3, 0.4) is 0 Å². The summed E-state index contributed by atoms with van der Waals surface area (Å²) in [6.45, 7) is 0. The molecule has 0 radical (unpaired) electrons. The molecule has 0 saturated carbocycles. The van der Waals surface area contributed by atoms with Crippen molar-refractivity contribution < 1.29 is 27.4 Å². The van der Waals surface area contributed by atoms with E-state index < -0.39 is 35.5 Å². The van der Waals surface area contributed by atoms with Crippen LogP contribution >= 0.6 is 11.8 Å². The van der Waals surface area contributed by atoms with Crippen molar-refractivity contribution in [3.05, 3.63) is 46.9 Å². The van der Waals surface area contributed by atoms with Gasteiger partial charge in [0.05, 0.1) is 17.2 Å². The van der Waals surface area contributed by atoms with Crippen LogP contribution in [0.4, 0.5) is 17.6 Å². The fourth-order valence-electron chi connectivity index (χ4n) is 2.60. The fraction of sp³-hybridized carbons (Fsp3) is 0.250. The van der Waals surface area contributed by atoms with E-state index in [1.807, 2.05) is 0 Å². The maximum atomic E-state index is 14.3. The molecular formula is C16H10F4N2O2S. The minimum atomic E-state index is -4.03. The molecule has 1 heterocycles. The van der Waals surface area contributed by atoms with Gasteiger partial charge in [-0.1, -0.05) is 0 Å². The van der Waals surface area contributed by atoms with E-state index in [0.29, 0.717) is 0 Å². The first-order valence-corrected chi connectivity index (χ1v) is 8.17. The van der Waals surface area contributed by atoms with Gasteiger partial charge in [-0.15, -0.1) is 11.8 Å². The third-order valence-corrected chi connectivity index (χ3v) is 4.51. The lowest BCUT2D eigenvalue weighted by Crippen LogP contribution is -2.24. The zero-order valence-corrected chi connectivity index (χ0v) is 13.5. The van der Waals surface area contributed by atoms with E-state index in [4.69, 9.17) is 10.00 Å². The summed E-state index contributed by atoms with van der Waals surface area (Å²) in [7, 11) is 0. The molecule has 0 spiro atoms. The highest BCUT2D eigenvalue weighted by Gasteiger charge is 2.58. The Labute approximate surface area is 144 Å². The van der Waals surface area contributed by atoms with Crippen LogP contribution in [0.5, 0.6) is 11.6 Å². The fourth-order valence-corrected chi connectivity index (χ4v) is 3.20. The molecule has 0 aliphatic heterocycles. The van der Waals surface area contributed by atoms with E-state index in [9.17, 15) is 22.7 Å². The summed E-state index contributed by atoms with van der Waals surface area (Å²) >= 11 is 1.02. The van der Waals surface area contributed by atoms with E-state index in [1.165, 1.54) is 6.20 Å². The molecule has 0 amide bonds. The van der Waals surface area contributed by atoms with Crippen molar-refractivity contribution in [3.8, 4) is 17.7 Å². The summed E-state index contributed by atoms with van der Waals surface area (Å²) in [6, 6.07) is 4.75. The number of hydrogen-bond acceptors (Lipinski definition) is 5. The minimum absolute atomic E-state index is 0.0606. The first kappa shape index (κ1) is 17.5. The highest BCUT2D eigenvalue weighted by atomic mass is 32.2. The summed E-state index contributed by atoms with van der Waals surface area (Å²) < 4.78 is 60.9. The maximum absolute atomic E-state index is 14.3. The van der Waals surface area contributed by atoms with Crippen molar-refractivity contribution in [2.75, 3.05) is 6.26 Å². The van der Waals surface area contributed by atoms with Crippen molar-refractivity contribution >= 4 is 11.8 Å². The zero-order valence-electron chi connectivity index (χ0n) is 12.6. The number of benzene rings is 1. The average molecular weight is 370 g/mol. The SMILES string of the molecule is CSc1cnc(Oc2cc(F)cc(C#N)c2)c2c1[C@H](O)C(F)(F)[C@@H]2F. The summed E-state index contributed by atoms with van der Waals surface area (Å²) in [5, 5.41) is 18.7. The monoisotopic (exact) mass is 370 g/mol. The standard InChI is InChI=1S/C16H10F4N2O2S/c1-25-10-6-22-15(12-11(10)14(23)16(19,20)13(12)18)24-9-3-7(5-21)2-8(17)4-9/h2-4,6,13-14,23H,1H3/t13-,14+/m1/s1. The second-order valence-electron chi connectivity index (χ2n) is 5.29. The van der Waals surface area contributed by atoms with E-state index in [1.54, 1.807) is 12.3 Å². The smallest absolute Gasteiger partial charge is 0.312 e. The van der Waals surface area contributed by atoms with Gasteiger partial charge in [-0.3, -0.25) is 0 Å². The number of rotatable bonds is 3. The lowest BCUT2D eigenvalue weighted by molar-refractivity contribution is -0.143. The summed E-state index contributed by atoms with van der Waals surface area (Å²) in [4.78, 5) is 4.01. The maximum Gasteiger partial charge on any atom is 0.312 e. The number of alkyl halides is 3. The highest BCUT2D eigenvalue weighted by molar-refractivity contribution is 7.98. The van der Waals surface area contributed by atoms with Crippen LogP contribution in [0.1, 0.15) is 29.0 Å². The Morgan fingerprint density at radius 3 is 2.68 bits per heavy atom. The molecule has 0 bridgehead atoms. The van der Waals surface area contributed by atoms with Crippen LogP contribution in [0.2, 0.25) is 0 Å². The molecular weight excluding hydrogens is 360 g/mol. The Bertz CT molecular complexity index is 885. The number of aliphatic hydroxyl groups is 1. The molecule has 25 heavy (non-hydrogen) atoms. The number of ether oxygens (including phenoxy) is 1. The number of aliphatic hydroxyl groups excluding tert-OH is 1. The highest BCUT2D eigenvalue weighted by Crippen LogP contribution is 2.57. The van der Waals surface area contributed by atoms with Crippen LogP contribution in [0.15, 0.2) is 29.3 Å². The van der Waals surface area contributed by atoms with Gasteiger partial charge < -0.3 is 9.84 Å². The van der Waals surface area contributed by atoms with Gasteiger partial charge >= 0.3 is 5.92 Å². The van der Waals surface area contributed by atoms with Gasteiger partial charge in [-0.25, -0.2) is 13.8 Å². The molecule has 2 aromatic rings. The van der Waals surface area contributed by atoms with Crippen LogP contribution in [0, 0.1) is 17.1 Å². The summed E-state index contributed by atoms with van der Waals surface area (Å²) in [6.07, 6.45) is -2.43. The molecule has 0 saturated heterocycles. The molecule has 130 valence electrons. The Hall–Kier alpha value is -2.31. The number of nitriles is 1. The van der Waals surface area contributed by atoms with Gasteiger partial charge in [-0.05, 0) is 18.4 Å². The first-order chi connectivity index (χ1) is 11.8. The number of pyridine rings is 1. The number of halogens is 4. The van der Waals surface area contributed by atoms with Gasteiger partial charge in [0.1, 0.15) is 17.7 Å². The topological polar surface area (TPSA) is 66.1 Å². The van der Waals surface area contributed by atoms with Crippen LogP contribution in [0.25, 0.3) is 0 Å². The van der Waals surface area contributed by atoms with Crippen molar-refractivity contribution in [1.82, 2.24) is 4.98 Å². The van der Waals surface area contributed by atoms with E-state index >= 15 is 0 Å². The Morgan fingerprint density at radius 2 is 2.04 bits per heavy atom. The van der Waals surface area contributed by atoms with E-state index in [2.05, 4.69) is 4.98 Å². The zero-order chi connectivity index (χ0) is 18.4. The van der Waals surface area contributed by atoms with Gasteiger partial charge in [0.25, 0.3) is 0 Å². The second kappa shape index (κ2) is 6.20. The largest absolute Gasteiger partial charge is 0.438 e. The van der Waals surface area contributed by atoms with Gasteiger partial charge in [0, 0.05) is 22.7 Å². The third kappa shape index (κ3) is 2.81. The molecule has 4 nitrogen and oxygen atoms in total. The minimum Gasteiger partial charge on any atom is -0.438 e. The number of thioether (sulfide) groups is 1. The molecule has 0 unspecified atom stereocenters. The average Bonchev–Trinajstić information content (AvgIpc) is 2.76. The lowest BCUT2D eigenvalue weighted by Gasteiger charge is -2.16. The molecule has 0 fully saturated rings. The molecule has 1 N–H and O–H groups in total. The number of hydrogen-bond donors (Lipinski definition) is 1. The molecule has 1 aromatic heterocycles. The van der Waals surface area contributed by atoms with Crippen molar-refractivity contribution in [1.29, 1.82) is 5.26 Å². The molecule has 9 heteroatoms. The van der Waals surface area contributed by atoms with Gasteiger partial charge in [-0.2, -0.15) is 14.0 Å². The van der Waals surface area contributed by atoms with Gasteiger partial charge in [0.15, 0.2) is 6.17 Å². The predicted octanol–water partition coefficient (Wildman–Crippen LogP) is 4.30. The molecule has 1 aliphatic rings. The number of fused-ring (bicyclic) bond motifs is 1. The van der Waals surface area contributed by atoms with Crippen molar-refractivity contribution in [2.24, 2.45) is 0 Å². The lowest BCUT2D eigenvalue weighted by atomic mass is 10.1. The first-order valence-electron chi connectivity index (χ1n) is 6.94. The normalized spacial score (nSPS) is 20.8. The second-order valence-corrected chi connectivity index (χ2v) is 6.14. The van der Waals surface area contributed by atoms with Crippen LogP contribution < -0.4 is 4.74 Å². The Kier molecular flexibility index (Phi) is 4.34. The molecule has 1 aromatic carbocycles. The molecule has 2 atom stereocenters. The van der Waals surface area contributed by atoms with Crippen molar-refractivity contribution in [2.45, 2.75) is 23.1 Å². The number of aromatic nitrogens is 1. The summed E-state index contributed by atoms with van der Waals surface area (Å²) in [5.74, 6) is -5.52. The van der Waals surface area contributed by atoms with E-state index in [-0.39, 0.29) is 21.8 Å². The quantitative estimate of drug-likeness (QED) is 0.645. The van der Waals surface area contributed by atoms with Gasteiger partial charge in [0.2, 0.25) is 5.88 Å². The van der Waals surface area contributed by atoms with Crippen LogP contribution in [-0.2, 0) is 0 Å². The predicted molar refractivity (Wildman–Crippen MR) is 81.0 cm³/mol. The van der Waals surface area contributed by atoms with E-state index in [0.717, 1.165) is 30.0 Å². The number of nitrogens with zero attached hydrogens (tertiary/aromatic N) is 2. The molecule has 3 rings (SSSR count).